The SMILES string of the molecule is CN(CC(=O)Nc1cccc(F)c1)C(=O)C1=CCCCO1. The summed E-state index contributed by atoms with van der Waals surface area (Å²) in [6.07, 6.45) is 3.41. The van der Waals surface area contributed by atoms with Crippen LogP contribution in [-0.2, 0) is 14.3 Å². The number of halogens is 1. The molecule has 0 aromatic heterocycles. The zero-order valence-electron chi connectivity index (χ0n) is 11.8. The van der Waals surface area contributed by atoms with Gasteiger partial charge in [-0.1, -0.05) is 6.07 Å². The fourth-order valence-electron chi connectivity index (χ4n) is 1.95. The number of likely N-dealkylation sites (N-methyl/N-ethyl adjacent to an activating group) is 1. The molecule has 0 unspecified atom stereocenters. The van der Waals surface area contributed by atoms with Crippen LogP contribution >= 0.6 is 0 Å². The lowest BCUT2D eigenvalue weighted by Gasteiger charge is -2.20. The van der Waals surface area contributed by atoms with Gasteiger partial charge in [0.2, 0.25) is 5.91 Å². The van der Waals surface area contributed by atoms with Gasteiger partial charge in [-0.3, -0.25) is 9.59 Å². The number of nitrogens with one attached hydrogen (secondary N) is 1. The third kappa shape index (κ3) is 4.30. The topological polar surface area (TPSA) is 58.6 Å². The van der Waals surface area contributed by atoms with Crippen LogP contribution in [0.1, 0.15) is 12.8 Å². The number of hydrogen-bond acceptors (Lipinski definition) is 3. The highest BCUT2D eigenvalue weighted by molar-refractivity contribution is 5.97. The highest BCUT2D eigenvalue weighted by Gasteiger charge is 2.20. The van der Waals surface area contributed by atoms with Gasteiger partial charge < -0.3 is 15.0 Å². The number of carbonyl (C=O) groups is 2. The minimum atomic E-state index is -0.432. The van der Waals surface area contributed by atoms with E-state index in [0.29, 0.717) is 12.3 Å². The van der Waals surface area contributed by atoms with Crippen molar-refractivity contribution < 1.29 is 18.7 Å². The number of rotatable bonds is 4. The quantitative estimate of drug-likeness (QED) is 0.922. The Labute approximate surface area is 122 Å². The fourth-order valence-corrected chi connectivity index (χ4v) is 1.95. The number of benzene rings is 1. The summed E-state index contributed by atoms with van der Waals surface area (Å²) in [5.74, 6) is -0.878. The predicted octanol–water partition coefficient (Wildman–Crippen LogP) is 1.92. The highest BCUT2D eigenvalue weighted by atomic mass is 19.1. The van der Waals surface area contributed by atoms with Gasteiger partial charge in [0.15, 0.2) is 5.76 Å². The Morgan fingerprint density at radius 3 is 2.90 bits per heavy atom. The van der Waals surface area contributed by atoms with Crippen LogP contribution in [0.5, 0.6) is 0 Å². The van der Waals surface area contributed by atoms with Crippen LogP contribution in [0.4, 0.5) is 10.1 Å². The van der Waals surface area contributed by atoms with E-state index in [9.17, 15) is 14.0 Å². The van der Waals surface area contributed by atoms with Gasteiger partial charge in [0, 0.05) is 12.7 Å². The van der Waals surface area contributed by atoms with E-state index in [1.807, 2.05) is 0 Å². The summed E-state index contributed by atoms with van der Waals surface area (Å²) >= 11 is 0. The first kappa shape index (κ1) is 15.0. The van der Waals surface area contributed by atoms with Crippen LogP contribution in [0.25, 0.3) is 0 Å². The highest BCUT2D eigenvalue weighted by Crippen LogP contribution is 2.12. The lowest BCUT2D eigenvalue weighted by Crippen LogP contribution is -2.36. The number of ether oxygens (including phenoxy) is 1. The van der Waals surface area contributed by atoms with Gasteiger partial charge in [-0.25, -0.2) is 4.39 Å². The molecule has 0 spiro atoms. The number of anilines is 1. The van der Waals surface area contributed by atoms with Gasteiger partial charge in [-0.2, -0.15) is 0 Å². The third-order valence-corrected chi connectivity index (χ3v) is 2.98. The Kier molecular flexibility index (Phi) is 4.92. The molecule has 0 saturated carbocycles. The molecule has 0 aliphatic carbocycles. The molecular weight excluding hydrogens is 275 g/mol. The van der Waals surface area contributed by atoms with Gasteiger partial charge in [-0.15, -0.1) is 0 Å². The maximum atomic E-state index is 13.0. The first-order valence-corrected chi connectivity index (χ1v) is 6.70. The lowest BCUT2D eigenvalue weighted by atomic mass is 10.2. The van der Waals surface area contributed by atoms with E-state index in [2.05, 4.69) is 5.32 Å². The predicted molar refractivity (Wildman–Crippen MR) is 75.9 cm³/mol. The van der Waals surface area contributed by atoms with E-state index in [-0.39, 0.29) is 18.2 Å². The molecule has 1 aliphatic heterocycles. The summed E-state index contributed by atoms with van der Waals surface area (Å²) in [6.45, 7) is 0.386. The second-order valence-corrected chi connectivity index (χ2v) is 4.78. The smallest absolute Gasteiger partial charge is 0.288 e. The van der Waals surface area contributed by atoms with Gasteiger partial charge in [0.25, 0.3) is 5.91 Å². The van der Waals surface area contributed by atoms with E-state index in [1.54, 1.807) is 12.1 Å². The largest absolute Gasteiger partial charge is 0.488 e. The Morgan fingerprint density at radius 1 is 1.43 bits per heavy atom. The van der Waals surface area contributed by atoms with E-state index in [0.717, 1.165) is 12.8 Å². The van der Waals surface area contributed by atoms with Crippen molar-refractivity contribution in [1.82, 2.24) is 4.90 Å². The number of nitrogens with zero attached hydrogens (tertiary/aromatic N) is 1. The minimum absolute atomic E-state index is 0.129. The average molecular weight is 292 g/mol. The first-order valence-electron chi connectivity index (χ1n) is 6.70. The second-order valence-electron chi connectivity index (χ2n) is 4.78. The van der Waals surface area contributed by atoms with Crippen molar-refractivity contribution in [3.8, 4) is 0 Å². The van der Waals surface area contributed by atoms with Gasteiger partial charge in [0.05, 0.1) is 13.2 Å². The molecule has 1 aromatic carbocycles. The van der Waals surface area contributed by atoms with Crippen LogP contribution in [0.15, 0.2) is 36.1 Å². The maximum Gasteiger partial charge on any atom is 0.288 e. The molecule has 1 aromatic rings. The van der Waals surface area contributed by atoms with Crippen LogP contribution in [0.2, 0.25) is 0 Å². The maximum absolute atomic E-state index is 13.0. The zero-order valence-corrected chi connectivity index (χ0v) is 11.8. The van der Waals surface area contributed by atoms with Crippen molar-refractivity contribution in [1.29, 1.82) is 0 Å². The number of hydrogen-bond donors (Lipinski definition) is 1. The van der Waals surface area contributed by atoms with Crippen molar-refractivity contribution in [3.63, 3.8) is 0 Å². The van der Waals surface area contributed by atoms with Crippen molar-refractivity contribution in [2.75, 3.05) is 25.5 Å². The zero-order chi connectivity index (χ0) is 15.2. The summed E-state index contributed by atoms with van der Waals surface area (Å²) in [4.78, 5) is 25.1. The molecule has 1 N–H and O–H groups in total. The average Bonchev–Trinajstić information content (AvgIpc) is 2.47. The van der Waals surface area contributed by atoms with Gasteiger partial charge in [0.1, 0.15) is 5.82 Å². The summed E-state index contributed by atoms with van der Waals surface area (Å²) < 4.78 is 18.3. The monoisotopic (exact) mass is 292 g/mol. The number of allylic oxidation sites excluding steroid dienone is 1. The van der Waals surface area contributed by atoms with E-state index < -0.39 is 11.7 Å². The molecule has 0 fully saturated rings. The molecule has 1 aliphatic rings. The van der Waals surface area contributed by atoms with Gasteiger partial charge in [-0.05, 0) is 37.1 Å². The summed E-state index contributed by atoms with van der Waals surface area (Å²) in [5, 5.41) is 2.54. The third-order valence-electron chi connectivity index (χ3n) is 2.98. The molecule has 112 valence electrons. The standard InChI is InChI=1S/C15H17FN2O3/c1-18(15(20)13-7-2-3-8-21-13)10-14(19)17-12-6-4-5-11(16)9-12/h4-7,9H,2-3,8,10H2,1H3,(H,17,19). The first-order chi connectivity index (χ1) is 10.1. The van der Waals surface area contributed by atoms with Crippen molar-refractivity contribution in [3.05, 3.63) is 41.9 Å². The molecule has 0 bridgehead atoms. The van der Waals surface area contributed by atoms with Crippen LogP contribution < -0.4 is 5.32 Å². The summed E-state index contributed by atoms with van der Waals surface area (Å²) in [6, 6.07) is 5.58. The summed E-state index contributed by atoms with van der Waals surface area (Å²) in [5.41, 5.74) is 0.356. The van der Waals surface area contributed by atoms with Gasteiger partial charge >= 0.3 is 0 Å². The molecule has 0 atom stereocenters. The normalized spacial score (nSPS) is 13.9. The molecule has 6 heteroatoms. The van der Waals surface area contributed by atoms with Crippen molar-refractivity contribution >= 4 is 17.5 Å². The van der Waals surface area contributed by atoms with Crippen LogP contribution in [0.3, 0.4) is 0 Å². The fraction of sp³-hybridized carbons (Fsp3) is 0.333. The molecule has 1 heterocycles. The molecule has 5 nitrogen and oxygen atoms in total. The summed E-state index contributed by atoms with van der Waals surface area (Å²) in [7, 11) is 1.52. The Balaban J connectivity index is 1.89. The molecule has 21 heavy (non-hydrogen) atoms. The number of amides is 2. The second kappa shape index (κ2) is 6.88. The Hall–Kier alpha value is -2.37. The molecule has 0 saturated heterocycles. The van der Waals surface area contributed by atoms with E-state index in [4.69, 9.17) is 4.74 Å². The molecule has 2 amide bonds. The molecular formula is C15H17FN2O3. The number of carbonyl (C=O) groups excluding carboxylic acids is 2. The van der Waals surface area contributed by atoms with Crippen LogP contribution in [-0.4, -0.2) is 36.9 Å². The minimum Gasteiger partial charge on any atom is -0.488 e. The molecule has 2 rings (SSSR count). The van der Waals surface area contributed by atoms with Crippen molar-refractivity contribution in [2.24, 2.45) is 0 Å². The Morgan fingerprint density at radius 2 is 2.24 bits per heavy atom. The molecule has 0 radical (unpaired) electrons. The van der Waals surface area contributed by atoms with Crippen molar-refractivity contribution in [2.45, 2.75) is 12.8 Å². The van der Waals surface area contributed by atoms with E-state index >= 15 is 0 Å². The van der Waals surface area contributed by atoms with E-state index in [1.165, 1.54) is 30.1 Å². The Bertz CT molecular complexity index is 572. The van der Waals surface area contributed by atoms with Crippen LogP contribution in [0, 0.1) is 5.82 Å². The lowest BCUT2D eigenvalue weighted by molar-refractivity contribution is -0.133.